The molecule has 0 aliphatic carbocycles. The van der Waals surface area contributed by atoms with Crippen molar-refractivity contribution in [3.63, 3.8) is 0 Å². The molecule has 0 bridgehead atoms. The van der Waals surface area contributed by atoms with Gasteiger partial charge in [0.2, 0.25) is 5.91 Å². The van der Waals surface area contributed by atoms with Gasteiger partial charge in [-0.1, -0.05) is 0 Å². The molecule has 0 saturated carbocycles. The Morgan fingerprint density at radius 2 is 1.79 bits per heavy atom. The van der Waals surface area contributed by atoms with E-state index >= 15 is 0 Å². The number of benzene rings is 2. The lowest BCUT2D eigenvalue weighted by atomic mass is 9.82. The van der Waals surface area contributed by atoms with E-state index in [0.29, 0.717) is 35.0 Å². The molecule has 43 heavy (non-hydrogen) atoms. The van der Waals surface area contributed by atoms with Crippen LogP contribution in [-0.4, -0.2) is 71.4 Å². The second kappa shape index (κ2) is 9.81. The molecule has 5 atom stereocenters. The summed E-state index contributed by atoms with van der Waals surface area (Å²) in [5, 5.41) is 22.9. The minimum atomic E-state index is -3.80. The number of rotatable bonds is 5. The quantitative estimate of drug-likeness (QED) is 0.398. The predicted molar refractivity (Wildman–Crippen MR) is 144 cm³/mol. The largest absolute Gasteiger partial charge is 0.586 e. The molecule has 4 aliphatic rings. The molecular weight excluding hydrogens is 570 g/mol. The molecule has 14 heteroatoms. The second-order valence-corrected chi connectivity index (χ2v) is 11.2. The van der Waals surface area contributed by atoms with Crippen molar-refractivity contribution >= 4 is 11.7 Å². The zero-order valence-corrected chi connectivity index (χ0v) is 23.1. The lowest BCUT2D eigenvalue weighted by Gasteiger charge is -2.34. The number of fused-ring (bicyclic) bond motifs is 3. The van der Waals surface area contributed by atoms with Crippen molar-refractivity contribution in [2.75, 3.05) is 31.7 Å². The third-order valence-corrected chi connectivity index (χ3v) is 8.31. The number of amides is 1. The van der Waals surface area contributed by atoms with Crippen LogP contribution < -0.4 is 33.9 Å². The third-order valence-electron chi connectivity index (χ3n) is 8.31. The zero-order valence-electron chi connectivity index (χ0n) is 23.1. The Kier molecular flexibility index (Phi) is 6.25. The van der Waals surface area contributed by atoms with Crippen LogP contribution in [0, 0.1) is 0 Å². The lowest BCUT2D eigenvalue weighted by Crippen LogP contribution is -2.46. The fourth-order valence-corrected chi connectivity index (χ4v) is 5.84. The predicted octanol–water partition coefficient (Wildman–Crippen LogP) is 2.38. The van der Waals surface area contributed by atoms with Crippen LogP contribution in [0.4, 0.5) is 14.6 Å². The van der Waals surface area contributed by atoms with E-state index in [1.54, 1.807) is 36.4 Å². The van der Waals surface area contributed by atoms with Gasteiger partial charge in [-0.2, -0.15) is 0 Å². The highest BCUT2D eigenvalue weighted by Crippen LogP contribution is 2.50. The summed E-state index contributed by atoms with van der Waals surface area (Å²) in [7, 11) is 1.54. The molecule has 7 rings (SSSR count). The second-order valence-electron chi connectivity index (χ2n) is 11.2. The van der Waals surface area contributed by atoms with Crippen molar-refractivity contribution in [2.45, 2.75) is 49.4 Å². The first kappa shape index (κ1) is 27.4. The van der Waals surface area contributed by atoms with Gasteiger partial charge in [0.1, 0.15) is 41.2 Å². The van der Waals surface area contributed by atoms with Gasteiger partial charge in [0.15, 0.2) is 11.5 Å². The number of nitrogens with zero attached hydrogens (tertiary/aromatic N) is 3. The highest BCUT2D eigenvalue weighted by Gasteiger charge is 2.49. The Balaban J connectivity index is 1.15. The molecule has 3 N–H and O–H groups in total. The maximum atomic E-state index is 13.9. The van der Waals surface area contributed by atoms with Crippen LogP contribution in [0.25, 0.3) is 0 Å². The van der Waals surface area contributed by atoms with Crippen LogP contribution in [0.3, 0.4) is 0 Å². The number of aliphatic hydroxyl groups is 2. The van der Waals surface area contributed by atoms with E-state index in [4.69, 9.17) is 14.2 Å². The molecule has 226 valence electrons. The number of methoxy groups -OCH3 is 1. The maximum Gasteiger partial charge on any atom is 0.586 e. The monoisotopic (exact) mass is 598 g/mol. The van der Waals surface area contributed by atoms with E-state index in [-0.39, 0.29) is 42.9 Å². The Hall–Kier alpha value is -4.43. The number of β-amino-alcohol motifs (C(OH)–C–C–N with tert-alkyl or cyclic N) is 2. The first-order valence-electron chi connectivity index (χ1n) is 13.7. The summed E-state index contributed by atoms with van der Waals surface area (Å²) in [5.41, 5.74) is 0.440. The number of carbonyl (C=O) groups is 1. The summed E-state index contributed by atoms with van der Waals surface area (Å²) in [6.45, 7) is 2.15. The molecule has 12 nitrogen and oxygen atoms in total. The number of carbonyl (C=O) groups excluding carboxylic acids is 1. The van der Waals surface area contributed by atoms with Crippen molar-refractivity contribution in [3.8, 4) is 28.7 Å². The van der Waals surface area contributed by atoms with Gasteiger partial charge < -0.3 is 44.1 Å². The summed E-state index contributed by atoms with van der Waals surface area (Å²) in [5.74, 6) is 1.13. The molecule has 3 aromatic rings. The smallest absolute Gasteiger partial charge is 0.497 e. The highest BCUT2D eigenvalue weighted by atomic mass is 19.3. The molecule has 5 heterocycles. The minimum Gasteiger partial charge on any atom is -0.497 e. The van der Waals surface area contributed by atoms with Crippen molar-refractivity contribution < 1.29 is 47.5 Å². The fraction of sp³-hybridized carbons (Fsp3) is 0.414. The zero-order chi connectivity index (χ0) is 30.1. The number of nitrogens with one attached hydrogen (secondary N) is 1. The van der Waals surface area contributed by atoms with Crippen LogP contribution in [-0.2, 0) is 10.2 Å². The SMILES string of the molecule is COc1ccc2c(c1)O[C@@H](c1cnc(N3C[C@@H](O)[C@H](O)C3)cn1)C[C@H]2NC(=O)[C@@]1(C)COc2cc3c(cc21)OC(F)(F)O3. The molecule has 1 amide bonds. The molecule has 4 aliphatic heterocycles. The number of ether oxygens (including phenoxy) is 5. The van der Waals surface area contributed by atoms with Crippen molar-refractivity contribution in [1.29, 1.82) is 0 Å². The van der Waals surface area contributed by atoms with Gasteiger partial charge in [-0.3, -0.25) is 9.78 Å². The molecule has 2 aromatic carbocycles. The van der Waals surface area contributed by atoms with Gasteiger partial charge in [0.25, 0.3) is 0 Å². The Morgan fingerprint density at radius 1 is 1.05 bits per heavy atom. The van der Waals surface area contributed by atoms with Crippen molar-refractivity contribution in [1.82, 2.24) is 15.3 Å². The number of hydrogen-bond donors (Lipinski definition) is 3. The molecule has 1 fully saturated rings. The van der Waals surface area contributed by atoms with Gasteiger partial charge in [-0.15, -0.1) is 8.78 Å². The Morgan fingerprint density at radius 3 is 2.49 bits per heavy atom. The van der Waals surface area contributed by atoms with Crippen LogP contribution in [0.2, 0.25) is 0 Å². The molecule has 0 radical (unpaired) electrons. The average Bonchev–Trinajstić information content (AvgIpc) is 3.61. The number of halogens is 2. The number of aliphatic hydroxyl groups excluding tert-OH is 2. The summed E-state index contributed by atoms with van der Waals surface area (Å²) in [4.78, 5) is 24.7. The Labute approximate surface area is 244 Å². The molecule has 0 spiro atoms. The number of anilines is 1. The van der Waals surface area contributed by atoms with E-state index in [1.165, 1.54) is 19.2 Å². The van der Waals surface area contributed by atoms with Crippen molar-refractivity contribution in [3.05, 3.63) is 59.5 Å². The molecule has 1 saturated heterocycles. The van der Waals surface area contributed by atoms with Crippen LogP contribution in [0.15, 0.2) is 42.7 Å². The van der Waals surface area contributed by atoms with E-state index in [0.717, 1.165) is 5.56 Å². The van der Waals surface area contributed by atoms with Crippen LogP contribution in [0.5, 0.6) is 28.7 Å². The minimum absolute atomic E-state index is 0.0115. The topological polar surface area (TPSA) is 145 Å². The van der Waals surface area contributed by atoms with E-state index in [9.17, 15) is 23.8 Å². The van der Waals surface area contributed by atoms with Gasteiger partial charge in [0.05, 0.1) is 43.4 Å². The highest BCUT2D eigenvalue weighted by molar-refractivity contribution is 5.90. The lowest BCUT2D eigenvalue weighted by molar-refractivity contribution is -0.286. The summed E-state index contributed by atoms with van der Waals surface area (Å²) < 4.78 is 53.9. The van der Waals surface area contributed by atoms with E-state index in [2.05, 4.69) is 24.8 Å². The van der Waals surface area contributed by atoms with E-state index in [1.807, 2.05) is 6.07 Å². The van der Waals surface area contributed by atoms with Gasteiger partial charge in [-0.25, -0.2) is 4.98 Å². The first-order chi connectivity index (χ1) is 20.5. The average molecular weight is 599 g/mol. The summed E-state index contributed by atoms with van der Waals surface area (Å²) >= 11 is 0. The standard InChI is InChI=1S/C29H28F2N4O8/c1-28(13-40-22-8-25-24(6-16(22)28)42-29(30,31)43-25)27(38)34-17-7-23(41-21-5-14(39-2)3-4-15(17)21)18-9-33-26(10-32-18)35-11-19(36)20(37)12-35/h3-6,8-10,17,19-20,23,36-37H,7,11-13H2,1-2H3,(H,34,38)/t17-,19-,20-,23-,28+/m1/s1. The first-order valence-corrected chi connectivity index (χ1v) is 13.7. The van der Waals surface area contributed by atoms with Gasteiger partial charge in [0, 0.05) is 42.8 Å². The Bertz CT molecular complexity index is 1580. The number of alkyl halides is 2. The normalized spacial score (nSPS) is 28.0. The molecule has 0 unspecified atom stereocenters. The molecular formula is C29H28F2N4O8. The van der Waals surface area contributed by atoms with E-state index < -0.39 is 36.1 Å². The number of aromatic nitrogens is 2. The summed E-state index contributed by atoms with van der Waals surface area (Å²) in [6, 6.07) is 7.46. The van der Waals surface area contributed by atoms with Crippen molar-refractivity contribution in [2.24, 2.45) is 0 Å². The maximum absolute atomic E-state index is 13.9. The summed E-state index contributed by atoms with van der Waals surface area (Å²) in [6.07, 6.45) is -2.66. The number of hydrogen-bond acceptors (Lipinski definition) is 11. The third kappa shape index (κ3) is 4.70. The fourth-order valence-electron chi connectivity index (χ4n) is 5.84. The van der Waals surface area contributed by atoms with Crippen LogP contribution in [0.1, 0.15) is 42.3 Å². The molecule has 1 aromatic heterocycles. The van der Waals surface area contributed by atoms with Crippen LogP contribution >= 0.6 is 0 Å². The van der Waals surface area contributed by atoms with Gasteiger partial charge in [-0.05, 0) is 25.1 Å². The van der Waals surface area contributed by atoms with Gasteiger partial charge >= 0.3 is 6.29 Å².